The Hall–Kier alpha value is -2.24. The minimum absolute atomic E-state index is 0.240. The summed E-state index contributed by atoms with van der Waals surface area (Å²) in [5.74, 6) is -0.611. The lowest BCUT2D eigenvalue weighted by Crippen LogP contribution is -2.14. The van der Waals surface area contributed by atoms with E-state index in [-0.39, 0.29) is 24.8 Å². The number of halogens is 1. The summed E-state index contributed by atoms with van der Waals surface area (Å²) < 4.78 is 6.19. The van der Waals surface area contributed by atoms with Crippen LogP contribution in [0.25, 0.3) is 10.2 Å². The van der Waals surface area contributed by atoms with Crippen LogP contribution < -0.4 is 0 Å². The molecule has 0 aliphatic rings. The molecule has 0 atom stereocenters. The molecule has 128 valence electrons. The van der Waals surface area contributed by atoms with Crippen molar-refractivity contribution in [3.8, 4) is 0 Å². The third kappa shape index (κ3) is 4.87. The minimum Gasteiger partial charge on any atom is -0.457 e. The van der Waals surface area contributed by atoms with Gasteiger partial charge in [0.2, 0.25) is 0 Å². The number of ketones is 1. The number of ether oxygens (including phenoxy) is 1. The summed E-state index contributed by atoms with van der Waals surface area (Å²) in [5.41, 5.74) is 1.46. The first kappa shape index (κ1) is 17.6. The standard InChI is InChI=1S/C19H16ClNO3S/c20-14-10-8-13(9-11-14)16(22)12-24-19(23)7-3-6-18-21-15-4-1-2-5-17(15)25-18/h1-2,4-5,8-11H,3,6-7,12H2. The molecule has 0 bridgehead atoms. The second-order valence-corrected chi connectivity index (χ2v) is 7.07. The Bertz CT molecular complexity index is 856. The monoisotopic (exact) mass is 373 g/mol. The van der Waals surface area contributed by atoms with Crippen molar-refractivity contribution in [3.05, 3.63) is 64.1 Å². The molecule has 0 N–H and O–H groups in total. The summed E-state index contributed by atoms with van der Waals surface area (Å²) >= 11 is 7.41. The van der Waals surface area contributed by atoms with Crippen molar-refractivity contribution in [2.24, 2.45) is 0 Å². The summed E-state index contributed by atoms with van der Waals surface area (Å²) in [4.78, 5) is 28.2. The molecule has 0 spiro atoms. The zero-order valence-electron chi connectivity index (χ0n) is 13.4. The highest BCUT2D eigenvalue weighted by molar-refractivity contribution is 7.18. The quantitative estimate of drug-likeness (QED) is 0.445. The Balaban J connectivity index is 1.42. The van der Waals surface area contributed by atoms with Gasteiger partial charge in [0.25, 0.3) is 0 Å². The average Bonchev–Trinajstić information content (AvgIpc) is 3.03. The van der Waals surface area contributed by atoms with Crippen LogP contribution in [-0.4, -0.2) is 23.3 Å². The van der Waals surface area contributed by atoms with Crippen LogP contribution in [0.15, 0.2) is 48.5 Å². The molecule has 0 aliphatic carbocycles. The number of thiazole rings is 1. The maximum absolute atomic E-state index is 11.9. The number of hydrogen-bond acceptors (Lipinski definition) is 5. The van der Waals surface area contributed by atoms with Gasteiger partial charge < -0.3 is 4.74 Å². The summed E-state index contributed by atoms with van der Waals surface area (Å²) in [6, 6.07) is 14.5. The number of hydrogen-bond donors (Lipinski definition) is 0. The summed E-state index contributed by atoms with van der Waals surface area (Å²) in [6.07, 6.45) is 1.64. The molecule has 1 aromatic heterocycles. The van der Waals surface area contributed by atoms with Gasteiger partial charge in [-0.1, -0.05) is 23.7 Å². The van der Waals surface area contributed by atoms with Gasteiger partial charge in [0.05, 0.1) is 15.2 Å². The Morgan fingerprint density at radius 1 is 1.08 bits per heavy atom. The maximum atomic E-state index is 11.9. The molecule has 4 nitrogen and oxygen atoms in total. The van der Waals surface area contributed by atoms with Crippen molar-refractivity contribution in [2.45, 2.75) is 19.3 Å². The van der Waals surface area contributed by atoms with Gasteiger partial charge in [-0.15, -0.1) is 11.3 Å². The van der Waals surface area contributed by atoms with E-state index in [9.17, 15) is 9.59 Å². The number of fused-ring (bicyclic) bond motifs is 1. The number of Topliss-reactive ketones (excluding diaryl/α,β-unsaturated/α-hetero) is 1. The van der Waals surface area contributed by atoms with Crippen LogP contribution in [0.1, 0.15) is 28.2 Å². The van der Waals surface area contributed by atoms with Crippen molar-refractivity contribution in [1.29, 1.82) is 0 Å². The fourth-order valence-corrected chi connectivity index (χ4v) is 3.48. The molecular weight excluding hydrogens is 358 g/mol. The van der Waals surface area contributed by atoms with E-state index in [2.05, 4.69) is 4.98 Å². The zero-order valence-corrected chi connectivity index (χ0v) is 15.0. The van der Waals surface area contributed by atoms with Gasteiger partial charge in [0.1, 0.15) is 0 Å². The van der Waals surface area contributed by atoms with Crippen LogP contribution in [0.3, 0.4) is 0 Å². The molecular formula is C19H16ClNO3S. The lowest BCUT2D eigenvalue weighted by Gasteiger charge is -2.04. The number of rotatable bonds is 7. The molecule has 0 amide bonds. The Morgan fingerprint density at radius 3 is 2.60 bits per heavy atom. The Labute approximate surface area is 154 Å². The van der Waals surface area contributed by atoms with Gasteiger partial charge in [0.15, 0.2) is 12.4 Å². The van der Waals surface area contributed by atoms with Crippen molar-refractivity contribution in [2.75, 3.05) is 6.61 Å². The van der Waals surface area contributed by atoms with Crippen LogP contribution in [0.4, 0.5) is 0 Å². The average molecular weight is 374 g/mol. The molecule has 0 aliphatic heterocycles. The SMILES string of the molecule is O=C(CCCc1nc2ccccc2s1)OCC(=O)c1ccc(Cl)cc1. The second kappa shape index (κ2) is 8.23. The van der Waals surface area contributed by atoms with E-state index in [1.807, 2.05) is 24.3 Å². The van der Waals surface area contributed by atoms with E-state index >= 15 is 0 Å². The van der Waals surface area contributed by atoms with E-state index < -0.39 is 0 Å². The van der Waals surface area contributed by atoms with E-state index in [4.69, 9.17) is 16.3 Å². The normalized spacial score (nSPS) is 10.8. The van der Waals surface area contributed by atoms with E-state index in [1.54, 1.807) is 35.6 Å². The molecule has 1 heterocycles. The third-order valence-electron chi connectivity index (χ3n) is 3.64. The molecule has 6 heteroatoms. The van der Waals surface area contributed by atoms with Crippen molar-refractivity contribution in [3.63, 3.8) is 0 Å². The largest absolute Gasteiger partial charge is 0.457 e. The molecule has 0 unspecified atom stereocenters. The number of para-hydroxylation sites is 1. The summed E-state index contributed by atoms with van der Waals surface area (Å²) in [7, 11) is 0. The fourth-order valence-electron chi connectivity index (χ4n) is 2.35. The fraction of sp³-hybridized carbons (Fsp3) is 0.211. The number of carbonyl (C=O) groups excluding carboxylic acids is 2. The van der Waals surface area contributed by atoms with Gasteiger partial charge in [0, 0.05) is 17.0 Å². The topological polar surface area (TPSA) is 56.3 Å². The maximum Gasteiger partial charge on any atom is 0.306 e. The van der Waals surface area contributed by atoms with E-state index in [0.717, 1.165) is 21.6 Å². The summed E-state index contributed by atoms with van der Waals surface area (Å²) in [6.45, 7) is -0.248. The lowest BCUT2D eigenvalue weighted by molar-refractivity contribution is -0.142. The zero-order chi connectivity index (χ0) is 17.6. The molecule has 0 radical (unpaired) electrons. The smallest absolute Gasteiger partial charge is 0.306 e. The number of aryl methyl sites for hydroxylation is 1. The highest BCUT2D eigenvalue weighted by atomic mass is 35.5. The van der Waals surface area contributed by atoms with Crippen LogP contribution in [0.5, 0.6) is 0 Å². The third-order valence-corrected chi connectivity index (χ3v) is 4.99. The molecule has 0 saturated carbocycles. The second-order valence-electron chi connectivity index (χ2n) is 5.52. The van der Waals surface area contributed by atoms with Gasteiger partial charge in [-0.2, -0.15) is 0 Å². The van der Waals surface area contributed by atoms with Gasteiger partial charge in [-0.25, -0.2) is 4.98 Å². The van der Waals surface area contributed by atoms with Gasteiger partial charge >= 0.3 is 5.97 Å². The molecule has 3 rings (SSSR count). The molecule has 25 heavy (non-hydrogen) atoms. The van der Waals surface area contributed by atoms with E-state index in [0.29, 0.717) is 17.0 Å². The Kier molecular flexibility index (Phi) is 5.79. The van der Waals surface area contributed by atoms with Crippen molar-refractivity contribution >= 4 is 44.9 Å². The first-order chi connectivity index (χ1) is 12.1. The van der Waals surface area contributed by atoms with E-state index in [1.165, 1.54) is 0 Å². The molecule has 0 saturated heterocycles. The Morgan fingerprint density at radius 2 is 1.84 bits per heavy atom. The van der Waals surface area contributed by atoms with Crippen LogP contribution in [0.2, 0.25) is 5.02 Å². The van der Waals surface area contributed by atoms with Gasteiger partial charge in [-0.3, -0.25) is 9.59 Å². The first-order valence-corrected chi connectivity index (χ1v) is 9.10. The number of benzene rings is 2. The van der Waals surface area contributed by atoms with Crippen molar-refractivity contribution < 1.29 is 14.3 Å². The molecule has 3 aromatic rings. The number of nitrogens with zero attached hydrogens (tertiary/aromatic N) is 1. The molecule has 0 fully saturated rings. The first-order valence-electron chi connectivity index (χ1n) is 7.90. The number of carbonyl (C=O) groups is 2. The lowest BCUT2D eigenvalue weighted by atomic mass is 10.1. The predicted molar refractivity (Wildman–Crippen MR) is 99.3 cm³/mol. The van der Waals surface area contributed by atoms with Crippen LogP contribution in [0, 0.1) is 0 Å². The van der Waals surface area contributed by atoms with Gasteiger partial charge in [-0.05, 0) is 49.2 Å². The highest BCUT2D eigenvalue weighted by Gasteiger charge is 2.11. The highest BCUT2D eigenvalue weighted by Crippen LogP contribution is 2.22. The van der Waals surface area contributed by atoms with Crippen molar-refractivity contribution in [1.82, 2.24) is 4.98 Å². The summed E-state index contributed by atoms with van der Waals surface area (Å²) in [5, 5.41) is 1.56. The van der Waals surface area contributed by atoms with Crippen LogP contribution >= 0.6 is 22.9 Å². The number of aromatic nitrogens is 1. The molecule has 2 aromatic carbocycles. The minimum atomic E-state index is -0.372. The predicted octanol–water partition coefficient (Wildman–Crippen LogP) is 4.70. The number of esters is 1. The van der Waals surface area contributed by atoms with Crippen LogP contribution in [-0.2, 0) is 16.0 Å².